The zero-order valence-corrected chi connectivity index (χ0v) is 42.7. The van der Waals surface area contributed by atoms with Gasteiger partial charge in [-0.3, -0.25) is 9.59 Å². The van der Waals surface area contributed by atoms with Gasteiger partial charge < -0.3 is 45.1 Å². The van der Waals surface area contributed by atoms with Crippen LogP contribution in [-0.2, 0) is 23.8 Å². The Bertz CT molecular complexity index is 1420. The second-order valence-electron chi connectivity index (χ2n) is 18.3. The topological polar surface area (TPSA) is 175 Å². The van der Waals surface area contributed by atoms with Gasteiger partial charge in [-0.15, -0.1) is 0 Å². The van der Waals surface area contributed by atoms with Gasteiger partial charge in [0.05, 0.1) is 25.4 Å². The van der Waals surface area contributed by atoms with E-state index in [1.807, 2.05) is 60.8 Å². The van der Waals surface area contributed by atoms with E-state index in [9.17, 15) is 35.1 Å². The van der Waals surface area contributed by atoms with Crippen molar-refractivity contribution in [3.63, 3.8) is 0 Å². The summed E-state index contributed by atoms with van der Waals surface area (Å²) in [6, 6.07) is -1.06. The Morgan fingerprint density at radius 3 is 1.62 bits per heavy atom. The lowest BCUT2D eigenvalue weighted by molar-refractivity contribution is -0.305. The van der Waals surface area contributed by atoms with Crippen molar-refractivity contribution >= 4 is 11.9 Å². The summed E-state index contributed by atoms with van der Waals surface area (Å²) in [6.07, 6.45) is 46.5. The maximum absolute atomic E-state index is 13.3. The second-order valence-corrected chi connectivity index (χ2v) is 18.3. The number of allylic oxidation sites excluding steroid dienone is 13. The smallest absolute Gasteiger partial charge is 0.306 e. The molecule has 0 aromatic rings. The molecule has 6 N–H and O–H groups in total. The zero-order chi connectivity index (χ0) is 49.7. The predicted octanol–water partition coefficient (Wildman–Crippen LogP) is 11.4. The van der Waals surface area contributed by atoms with E-state index in [0.29, 0.717) is 12.8 Å². The van der Waals surface area contributed by atoms with Crippen LogP contribution in [0.1, 0.15) is 201 Å². The van der Waals surface area contributed by atoms with Gasteiger partial charge in [0, 0.05) is 6.42 Å². The Kier molecular flexibility index (Phi) is 41.6. The summed E-state index contributed by atoms with van der Waals surface area (Å²) in [5.41, 5.74) is 0. The van der Waals surface area contributed by atoms with Crippen LogP contribution >= 0.6 is 0 Å². The summed E-state index contributed by atoms with van der Waals surface area (Å²) >= 11 is 0. The average molecular weight is 956 g/mol. The molecule has 8 unspecified atom stereocenters. The second kappa shape index (κ2) is 45.0. The van der Waals surface area contributed by atoms with Gasteiger partial charge in [0.15, 0.2) is 12.4 Å². The molecular formula is C57H97NO10. The highest BCUT2D eigenvalue weighted by molar-refractivity contribution is 5.80. The molecule has 1 saturated heterocycles. The van der Waals surface area contributed by atoms with Crippen LogP contribution in [0.2, 0.25) is 0 Å². The molecule has 0 aromatic heterocycles. The molecule has 0 spiro atoms. The molecule has 1 fully saturated rings. The van der Waals surface area contributed by atoms with Crippen LogP contribution in [-0.4, -0.2) is 99.6 Å². The van der Waals surface area contributed by atoms with Gasteiger partial charge in [-0.2, -0.15) is 0 Å². The van der Waals surface area contributed by atoms with E-state index >= 15 is 0 Å². The van der Waals surface area contributed by atoms with Crippen LogP contribution in [0.4, 0.5) is 0 Å². The minimum atomic E-state index is -1.63. The normalized spacial score (nSPS) is 20.6. The van der Waals surface area contributed by atoms with Crippen LogP contribution in [0, 0.1) is 0 Å². The van der Waals surface area contributed by atoms with E-state index in [-0.39, 0.29) is 19.4 Å². The van der Waals surface area contributed by atoms with Crippen LogP contribution < -0.4 is 5.32 Å². The zero-order valence-electron chi connectivity index (χ0n) is 42.7. The number of amides is 1. The third-order valence-corrected chi connectivity index (χ3v) is 12.2. The molecule has 0 bridgehead atoms. The molecular weight excluding hydrogens is 859 g/mol. The fraction of sp³-hybridized carbons (Fsp3) is 0.719. The van der Waals surface area contributed by atoms with Gasteiger partial charge >= 0.3 is 5.97 Å². The number of aliphatic hydroxyl groups excluding tert-OH is 5. The van der Waals surface area contributed by atoms with Crippen molar-refractivity contribution in [1.29, 1.82) is 0 Å². The fourth-order valence-corrected chi connectivity index (χ4v) is 7.85. The number of carbonyl (C=O) groups excluding carboxylic acids is 2. The van der Waals surface area contributed by atoms with Crippen LogP contribution in [0.3, 0.4) is 0 Å². The number of carbonyl (C=O) groups is 2. The van der Waals surface area contributed by atoms with Gasteiger partial charge in [0.25, 0.3) is 0 Å². The maximum Gasteiger partial charge on any atom is 0.306 e. The lowest BCUT2D eigenvalue weighted by atomic mass is 9.99. The first-order valence-electron chi connectivity index (χ1n) is 26.9. The number of rotatable bonds is 43. The highest BCUT2D eigenvalue weighted by atomic mass is 16.7. The SMILES string of the molecule is CC/C=C/C=C/C=C\C=C/C=C/CCC(O)C(=O)NC(COC1OC(CO)C(O)C(O)C1OC(=O)CCCCCCCCC/C=C\CCCCCC)C(O)/C=C/CCCCCCCCCCCC. The first kappa shape index (κ1) is 62.9. The number of hydrogen-bond donors (Lipinski definition) is 6. The molecule has 390 valence electrons. The predicted molar refractivity (Wildman–Crippen MR) is 278 cm³/mol. The summed E-state index contributed by atoms with van der Waals surface area (Å²) in [7, 11) is 0. The standard InChI is InChI=1S/C57H97NO10/c1-4-7-10-13-16-19-22-25-26-27-30-33-36-39-42-45-52(62)68-55-54(64)53(63)51(46-59)67-57(55)66-47-48(49(60)43-40-37-34-31-28-23-20-17-14-11-8-5-2)58-56(65)50(61)44-41-38-35-32-29-24-21-18-15-12-9-6-3/h9,12,15,18-19,21-22,24,29,32,35,38,40,43,48-51,53-55,57,59-61,63-64H,4-8,10-11,13-14,16-17,20,23,25-28,30-31,33-34,36-37,39,41-42,44-47H2,1-3H3,(H,58,65)/b12-9+,18-15+,22-19-,24-21-,32-29-,38-35+,43-40+. The molecule has 68 heavy (non-hydrogen) atoms. The first-order chi connectivity index (χ1) is 33.2. The monoisotopic (exact) mass is 956 g/mol. The van der Waals surface area contributed by atoms with Crippen molar-refractivity contribution < 1.29 is 49.3 Å². The Morgan fingerprint density at radius 1 is 0.588 bits per heavy atom. The molecule has 11 nitrogen and oxygen atoms in total. The summed E-state index contributed by atoms with van der Waals surface area (Å²) in [6.45, 7) is 5.54. The van der Waals surface area contributed by atoms with Gasteiger partial charge in [-0.05, 0) is 64.2 Å². The van der Waals surface area contributed by atoms with Crippen molar-refractivity contribution in [2.75, 3.05) is 13.2 Å². The number of aliphatic hydroxyl groups is 5. The van der Waals surface area contributed by atoms with Crippen LogP contribution in [0.25, 0.3) is 0 Å². The van der Waals surface area contributed by atoms with E-state index in [1.54, 1.807) is 6.08 Å². The molecule has 0 aromatic carbocycles. The molecule has 0 aliphatic carbocycles. The molecule has 0 saturated carbocycles. The van der Waals surface area contributed by atoms with E-state index in [0.717, 1.165) is 64.2 Å². The van der Waals surface area contributed by atoms with Gasteiger partial charge in [0.2, 0.25) is 5.91 Å². The summed E-state index contributed by atoms with van der Waals surface area (Å²) in [5, 5.41) is 56.5. The Labute approximate surface area is 413 Å². The van der Waals surface area contributed by atoms with E-state index in [1.165, 1.54) is 89.9 Å². The Balaban J connectivity index is 2.82. The molecule has 1 heterocycles. The number of ether oxygens (including phenoxy) is 3. The van der Waals surface area contributed by atoms with Gasteiger partial charge in [0.1, 0.15) is 24.4 Å². The fourth-order valence-electron chi connectivity index (χ4n) is 7.85. The van der Waals surface area contributed by atoms with E-state index in [2.05, 4.69) is 44.3 Å². The van der Waals surface area contributed by atoms with E-state index in [4.69, 9.17) is 14.2 Å². The Hall–Kier alpha value is -3.16. The molecule has 1 aliphatic heterocycles. The van der Waals surface area contributed by atoms with Gasteiger partial charge in [-0.1, -0.05) is 215 Å². The molecule has 0 radical (unpaired) electrons. The van der Waals surface area contributed by atoms with Crippen molar-refractivity contribution in [1.82, 2.24) is 5.32 Å². The molecule has 11 heteroatoms. The van der Waals surface area contributed by atoms with Crippen molar-refractivity contribution in [2.24, 2.45) is 0 Å². The molecule has 1 aliphatic rings. The summed E-state index contributed by atoms with van der Waals surface area (Å²) in [5.74, 6) is -1.28. The lowest BCUT2D eigenvalue weighted by Crippen LogP contribution is -2.61. The Morgan fingerprint density at radius 2 is 1.07 bits per heavy atom. The third kappa shape index (κ3) is 33.4. The summed E-state index contributed by atoms with van der Waals surface area (Å²) in [4.78, 5) is 26.3. The quantitative estimate of drug-likeness (QED) is 0.0149. The summed E-state index contributed by atoms with van der Waals surface area (Å²) < 4.78 is 17.5. The molecule has 1 rings (SSSR count). The minimum Gasteiger partial charge on any atom is -0.454 e. The largest absolute Gasteiger partial charge is 0.454 e. The van der Waals surface area contributed by atoms with Gasteiger partial charge in [-0.25, -0.2) is 0 Å². The van der Waals surface area contributed by atoms with Crippen LogP contribution in [0.5, 0.6) is 0 Å². The number of esters is 1. The van der Waals surface area contributed by atoms with Crippen molar-refractivity contribution in [2.45, 2.75) is 250 Å². The van der Waals surface area contributed by atoms with Crippen molar-refractivity contribution in [3.8, 4) is 0 Å². The average Bonchev–Trinajstić information content (AvgIpc) is 3.33. The highest BCUT2D eigenvalue weighted by Crippen LogP contribution is 2.26. The highest BCUT2D eigenvalue weighted by Gasteiger charge is 2.47. The first-order valence-corrected chi connectivity index (χ1v) is 26.9. The number of hydrogen-bond acceptors (Lipinski definition) is 10. The minimum absolute atomic E-state index is 0.106. The number of unbranched alkanes of at least 4 members (excludes halogenated alkanes) is 21. The molecule has 8 atom stereocenters. The molecule has 1 amide bonds. The maximum atomic E-state index is 13.3. The van der Waals surface area contributed by atoms with E-state index < -0.39 is 67.4 Å². The lowest BCUT2D eigenvalue weighted by Gasteiger charge is -2.41. The number of nitrogens with one attached hydrogen (secondary N) is 1. The third-order valence-electron chi connectivity index (χ3n) is 12.2. The van der Waals surface area contributed by atoms with Crippen molar-refractivity contribution in [3.05, 3.63) is 85.1 Å². The van der Waals surface area contributed by atoms with Crippen LogP contribution in [0.15, 0.2) is 85.1 Å².